The van der Waals surface area contributed by atoms with Crippen molar-refractivity contribution in [3.8, 4) is 0 Å². The quantitative estimate of drug-likeness (QED) is 0.718. The van der Waals surface area contributed by atoms with Crippen LogP contribution < -0.4 is 5.32 Å². The molecule has 0 bridgehead atoms. The highest BCUT2D eigenvalue weighted by Crippen LogP contribution is 2.11. The molecule has 1 aliphatic rings. The van der Waals surface area contributed by atoms with E-state index in [1.165, 1.54) is 19.5 Å². The Morgan fingerprint density at radius 3 is 2.54 bits per heavy atom. The van der Waals surface area contributed by atoms with Crippen LogP contribution in [0.25, 0.3) is 0 Å². The third kappa shape index (κ3) is 3.65. The minimum atomic E-state index is 0.705. The summed E-state index contributed by atoms with van der Waals surface area (Å²) in [5.41, 5.74) is 0. The Bertz CT molecular complexity index is 143. The summed E-state index contributed by atoms with van der Waals surface area (Å²) in [7, 11) is 0. The van der Waals surface area contributed by atoms with E-state index in [4.69, 9.17) is 0 Å². The Morgan fingerprint density at radius 1 is 1.31 bits per heavy atom. The van der Waals surface area contributed by atoms with E-state index in [-0.39, 0.29) is 0 Å². The highest BCUT2D eigenvalue weighted by atomic mass is 15.2. The summed E-state index contributed by atoms with van der Waals surface area (Å²) in [6.07, 6.45) is 1.31. The van der Waals surface area contributed by atoms with Crippen molar-refractivity contribution in [1.29, 1.82) is 0 Å². The second-order valence-corrected chi connectivity index (χ2v) is 4.87. The van der Waals surface area contributed by atoms with Crippen molar-refractivity contribution in [3.05, 3.63) is 0 Å². The van der Waals surface area contributed by atoms with Gasteiger partial charge in [0, 0.05) is 31.7 Å². The van der Waals surface area contributed by atoms with Crippen molar-refractivity contribution in [1.82, 2.24) is 10.2 Å². The Labute approximate surface area is 82.7 Å². The van der Waals surface area contributed by atoms with Crippen molar-refractivity contribution >= 4 is 0 Å². The van der Waals surface area contributed by atoms with Crippen LogP contribution in [0.1, 0.15) is 34.1 Å². The molecule has 1 aliphatic heterocycles. The van der Waals surface area contributed by atoms with Gasteiger partial charge in [-0.25, -0.2) is 0 Å². The fraction of sp³-hybridized carbons (Fsp3) is 1.00. The molecular weight excluding hydrogens is 160 g/mol. The molecule has 0 spiro atoms. The van der Waals surface area contributed by atoms with E-state index in [9.17, 15) is 0 Å². The first-order valence-corrected chi connectivity index (χ1v) is 5.57. The lowest BCUT2D eigenvalue weighted by molar-refractivity contribution is 0.152. The molecule has 1 heterocycles. The van der Waals surface area contributed by atoms with Gasteiger partial charge in [0.15, 0.2) is 0 Å². The molecule has 1 fully saturated rings. The van der Waals surface area contributed by atoms with E-state index in [1.54, 1.807) is 0 Å². The topological polar surface area (TPSA) is 15.3 Å². The Kier molecular flexibility index (Phi) is 4.20. The number of rotatable bonds is 3. The zero-order valence-electron chi connectivity index (χ0n) is 9.51. The monoisotopic (exact) mass is 184 g/mol. The third-order valence-electron chi connectivity index (χ3n) is 2.77. The molecule has 2 nitrogen and oxygen atoms in total. The largest absolute Gasteiger partial charge is 0.311 e. The molecule has 0 saturated carbocycles. The van der Waals surface area contributed by atoms with Gasteiger partial charge in [0.05, 0.1) is 0 Å². The Hall–Kier alpha value is -0.0800. The van der Waals surface area contributed by atoms with E-state index in [0.717, 1.165) is 18.5 Å². The summed E-state index contributed by atoms with van der Waals surface area (Å²) in [5.74, 6) is 0.810. The van der Waals surface area contributed by atoms with Gasteiger partial charge >= 0.3 is 0 Å². The molecule has 1 atom stereocenters. The molecule has 78 valence electrons. The average molecular weight is 184 g/mol. The summed E-state index contributed by atoms with van der Waals surface area (Å²) < 4.78 is 0. The minimum Gasteiger partial charge on any atom is -0.311 e. The highest BCUT2D eigenvalue weighted by molar-refractivity contribution is 4.80. The number of nitrogens with one attached hydrogen (secondary N) is 1. The van der Waals surface area contributed by atoms with Crippen LogP contribution in [0.2, 0.25) is 0 Å². The summed E-state index contributed by atoms with van der Waals surface area (Å²) in [6.45, 7) is 12.8. The number of nitrogens with zero attached hydrogens (tertiary/aromatic N) is 1. The Balaban J connectivity index is 2.33. The number of piperazine rings is 1. The molecule has 0 aliphatic carbocycles. The van der Waals surface area contributed by atoms with Crippen molar-refractivity contribution in [2.24, 2.45) is 5.92 Å². The van der Waals surface area contributed by atoms with Gasteiger partial charge in [-0.1, -0.05) is 13.8 Å². The fourth-order valence-electron chi connectivity index (χ4n) is 2.05. The van der Waals surface area contributed by atoms with Gasteiger partial charge < -0.3 is 5.32 Å². The smallest absolute Gasteiger partial charge is 0.0198 e. The average Bonchev–Trinajstić information content (AvgIpc) is 2.03. The molecule has 2 heteroatoms. The fourth-order valence-corrected chi connectivity index (χ4v) is 2.05. The molecule has 0 unspecified atom stereocenters. The first-order valence-electron chi connectivity index (χ1n) is 5.57. The van der Waals surface area contributed by atoms with Gasteiger partial charge in [-0.15, -0.1) is 0 Å². The van der Waals surface area contributed by atoms with Crippen LogP contribution >= 0.6 is 0 Å². The van der Waals surface area contributed by atoms with Gasteiger partial charge in [0.2, 0.25) is 0 Å². The SMILES string of the molecule is CC(C)C[C@H]1CN(C(C)C)CCN1. The molecule has 0 radical (unpaired) electrons. The number of hydrogen-bond acceptors (Lipinski definition) is 2. The normalized spacial score (nSPS) is 25.8. The lowest BCUT2D eigenvalue weighted by atomic mass is 10.0. The van der Waals surface area contributed by atoms with Crippen LogP contribution in [0.3, 0.4) is 0 Å². The maximum atomic E-state index is 3.59. The highest BCUT2D eigenvalue weighted by Gasteiger charge is 2.21. The van der Waals surface area contributed by atoms with Crippen LogP contribution in [0.4, 0.5) is 0 Å². The molecule has 0 aromatic carbocycles. The summed E-state index contributed by atoms with van der Waals surface area (Å²) >= 11 is 0. The maximum Gasteiger partial charge on any atom is 0.0198 e. The first kappa shape index (κ1) is 11.0. The predicted octanol–water partition coefficient (Wildman–Crippen LogP) is 1.71. The van der Waals surface area contributed by atoms with E-state index in [2.05, 4.69) is 37.9 Å². The van der Waals surface area contributed by atoms with Gasteiger partial charge in [-0.3, -0.25) is 4.90 Å². The standard InChI is InChI=1S/C11H24N2/c1-9(2)7-11-8-13(10(3)4)6-5-12-11/h9-12H,5-8H2,1-4H3/t11-/m0/s1. The summed E-state index contributed by atoms with van der Waals surface area (Å²) in [5, 5.41) is 3.59. The summed E-state index contributed by atoms with van der Waals surface area (Å²) in [4.78, 5) is 2.57. The summed E-state index contributed by atoms with van der Waals surface area (Å²) in [6, 6.07) is 1.42. The molecular formula is C11H24N2. The van der Waals surface area contributed by atoms with Crippen molar-refractivity contribution in [3.63, 3.8) is 0 Å². The van der Waals surface area contributed by atoms with Gasteiger partial charge in [0.1, 0.15) is 0 Å². The van der Waals surface area contributed by atoms with Crippen LogP contribution in [0.15, 0.2) is 0 Å². The first-order chi connectivity index (χ1) is 6.09. The predicted molar refractivity (Wildman–Crippen MR) is 58.0 cm³/mol. The van der Waals surface area contributed by atoms with Crippen LogP contribution in [0, 0.1) is 5.92 Å². The molecule has 0 aromatic heterocycles. The van der Waals surface area contributed by atoms with Crippen molar-refractivity contribution in [2.45, 2.75) is 46.2 Å². The molecule has 1 rings (SSSR count). The molecule has 0 amide bonds. The second kappa shape index (κ2) is 4.97. The second-order valence-electron chi connectivity index (χ2n) is 4.87. The van der Waals surface area contributed by atoms with Gasteiger partial charge in [0.25, 0.3) is 0 Å². The van der Waals surface area contributed by atoms with Crippen molar-refractivity contribution < 1.29 is 0 Å². The van der Waals surface area contributed by atoms with Gasteiger partial charge in [-0.05, 0) is 26.2 Å². The van der Waals surface area contributed by atoms with Crippen molar-refractivity contribution in [2.75, 3.05) is 19.6 Å². The molecule has 1 saturated heterocycles. The maximum absolute atomic E-state index is 3.59. The molecule has 0 aromatic rings. The molecule has 1 N–H and O–H groups in total. The van der Waals surface area contributed by atoms with E-state index in [1.807, 2.05) is 0 Å². The zero-order chi connectivity index (χ0) is 9.84. The van der Waals surface area contributed by atoms with E-state index in [0.29, 0.717) is 6.04 Å². The van der Waals surface area contributed by atoms with Crippen LogP contribution in [-0.4, -0.2) is 36.6 Å². The van der Waals surface area contributed by atoms with Gasteiger partial charge in [-0.2, -0.15) is 0 Å². The van der Waals surface area contributed by atoms with E-state index < -0.39 is 0 Å². The number of hydrogen-bond donors (Lipinski definition) is 1. The Morgan fingerprint density at radius 2 is 2.00 bits per heavy atom. The zero-order valence-corrected chi connectivity index (χ0v) is 9.51. The third-order valence-corrected chi connectivity index (χ3v) is 2.77. The minimum absolute atomic E-state index is 0.705. The lowest BCUT2D eigenvalue weighted by Gasteiger charge is -2.36. The van der Waals surface area contributed by atoms with Crippen LogP contribution in [-0.2, 0) is 0 Å². The van der Waals surface area contributed by atoms with Crippen LogP contribution in [0.5, 0.6) is 0 Å². The van der Waals surface area contributed by atoms with E-state index >= 15 is 0 Å². The molecule has 13 heavy (non-hydrogen) atoms. The lowest BCUT2D eigenvalue weighted by Crippen LogP contribution is -2.53.